The molecule has 0 aromatic heterocycles. The molecule has 0 aliphatic heterocycles. The summed E-state index contributed by atoms with van der Waals surface area (Å²) in [4.78, 5) is 40.1. The molecule has 3 aromatic rings. The van der Waals surface area contributed by atoms with Gasteiger partial charge in [0.15, 0.2) is 5.78 Å². The van der Waals surface area contributed by atoms with Gasteiger partial charge in [0.1, 0.15) is 29.0 Å². The monoisotopic (exact) mass is 737 g/mol. The minimum atomic E-state index is -0.709. The SMILES string of the molecule is CC(C)(C)OC(=O)C(C=Nc1ccc(I)cc1)=C(O)c1ccccc1Cl.CC(C)(C)OC(=O)CC(=O)c1ccccc1Cl. The van der Waals surface area contributed by atoms with E-state index in [0.29, 0.717) is 26.9 Å². The van der Waals surface area contributed by atoms with E-state index in [4.69, 9.17) is 32.7 Å². The second kappa shape index (κ2) is 16.0. The van der Waals surface area contributed by atoms with Crippen LogP contribution in [0.2, 0.25) is 10.0 Å². The molecule has 0 amide bonds. The van der Waals surface area contributed by atoms with E-state index in [1.807, 2.05) is 24.3 Å². The van der Waals surface area contributed by atoms with Crippen LogP contribution < -0.4 is 0 Å². The Morgan fingerprint density at radius 3 is 1.77 bits per heavy atom. The zero-order valence-electron chi connectivity index (χ0n) is 24.8. The summed E-state index contributed by atoms with van der Waals surface area (Å²) in [6.45, 7) is 10.5. The highest BCUT2D eigenvalue weighted by atomic mass is 127. The molecule has 0 aliphatic rings. The van der Waals surface area contributed by atoms with Crippen molar-refractivity contribution in [1.82, 2.24) is 0 Å². The van der Waals surface area contributed by atoms with Gasteiger partial charge >= 0.3 is 11.9 Å². The quantitative estimate of drug-likeness (QED) is 0.0494. The lowest BCUT2D eigenvalue weighted by Crippen LogP contribution is -2.25. The molecule has 0 unspecified atom stereocenters. The van der Waals surface area contributed by atoms with Crippen molar-refractivity contribution in [2.75, 3.05) is 0 Å². The molecule has 1 N–H and O–H groups in total. The topological polar surface area (TPSA) is 102 Å². The van der Waals surface area contributed by atoms with Gasteiger partial charge in [-0.05, 0) is 113 Å². The van der Waals surface area contributed by atoms with Crippen LogP contribution in [-0.2, 0) is 19.1 Å². The fraction of sp³-hybridized carbons (Fsp3) is 0.273. The van der Waals surface area contributed by atoms with Crippen molar-refractivity contribution in [2.24, 2.45) is 4.99 Å². The van der Waals surface area contributed by atoms with Crippen LogP contribution in [0.25, 0.3) is 5.76 Å². The Bertz CT molecular complexity index is 1500. The molecule has 0 bridgehead atoms. The number of ether oxygens (including phenoxy) is 2. The number of ketones is 1. The molecule has 0 saturated carbocycles. The number of halogens is 3. The van der Waals surface area contributed by atoms with Crippen LogP contribution in [0.1, 0.15) is 63.9 Å². The minimum absolute atomic E-state index is 0.0634. The number of carbonyl (C=O) groups excluding carboxylic acids is 3. The molecule has 43 heavy (non-hydrogen) atoms. The van der Waals surface area contributed by atoms with Gasteiger partial charge in [0.2, 0.25) is 0 Å². The Morgan fingerprint density at radius 2 is 1.28 bits per heavy atom. The van der Waals surface area contributed by atoms with E-state index in [1.165, 1.54) is 6.21 Å². The Kier molecular flexibility index (Phi) is 13.4. The highest BCUT2D eigenvalue weighted by Crippen LogP contribution is 2.26. The Labute approximate surface area is 276 Å². The lowest BCUT2D eigenvalue weighted by Gasteiger charge is -2.20. The third kappa shape index (κ3) is 12.9. The molecule has 0 fully saturated rings. The van der Waals surface area contributed by atoms with Crippen LogP contribution in [-0.4, -0.2) is 40.2 Å². The summed E-state index contributed by atoms with van der Waals surface area (Å²) in [6, 6.07) is 20.8. The van der Waals surface area contributed by atoms with E-state index in [9.17, 15) is 19.5 Å². The number of nitrogens with zero attached hydrogens (tertiary/aromatic N) is 1. The predicted molar refractivity (Wildman–Crippen MR) is 180 cm³/mol. The normalized spacial score (nSPS) is 12.1. The Balaban J connectivity index is 0.000000329. The number of Topliss-reactive ketones (excluding diaryl/α,β-unsaturated/α-hetero) is 1. The predicted octanol–water partition coefficient (Wildman–Crippen LogP) is 9.21. The molecular weight excluding hydrogens is 704 g/mol. The number of hydrogen-bond acceptors (Lipinski definition) is 7. The number of benzene rings is 3. The largest absolute Gasteiger partial charge is 0.506 e. The van der Waals surface area contributed by atoms with E-state index in [2.05, 4.69) is 27.6 Å². The van der Waals surface area contributed by atoms with Crippen molar-refractivity contribution in [3.8, 4) is 0 Å². The van der Waals surface area contributed by atoms with Crippen LogP contribution in [0, 0.1) is 3.57 Å². The number of aliphatic hydroxyl groups is 1. The van der Waals surface area contributed by atoms with Gasteiger partial charge in [-0.1, -0.05) is 47.5 Å². The third-order valence-electron chi connectivity index (χ3n) is 5.07. The number of rotatable bonds is 7. The average Bonchev–Trinajstić information content (AvgIpc) is 2.88. The molecule has 0 saturated heterocycles. The Hall–Kier alpha value is -3.21. The van der Waals surface area contributed by atoms with Crippen LogP contribution in [0.3, 0.4) is 0 Å². The number of esters is 2. The van der Waals surface area contributed by atoms with Crippen LogP contribution >= 0.6 is 45.8 Å². The van der Waals surface area contributed by atoms with Gasteiger partial charge in [-0.25, -0.2) is 4.79 Å². The molecule has 3 rings (SSSR count). The first-order valence-electron chi connectivity index (χ1n) is 13.2. The molecular formula is C33H34Cl2INO6. The molecule has 228 valence electrons. The zero-order valence-corrected chi connectivity index (χ0v) is 28.5. The van der Waals surface area contributed by atoms with E-state index >= 15 is 0 Å². The highest BCUT2D eigenvalue weighted by Gasteiger charge is 2.24. The maximum absolute atomic E-state index is 12.6. The van der Waals surface area contributed by atoms with E-state index < -0.39 is 23.1 Å². The second-order valence-corrected chi connectivity index (χ2v) is 13.2. The molecule has 3 aromatic carbocycles. The van der Waals surface area contributed by atoms with E-state index in [0.717, 1.165) is 3.57 Å². The van der Waals surface area contributed by atoms with Crippen molar-refractivity contribution in [2.45, 2.75) is 59.2 Å². The van der Waals surface area contributed by atoms with Crippen molar-refractivity contribution >= 4 is 81.2 Å². The van der Waals surface area contributed by atoms with Crippen LogP contribution in [0.4, 0.5) is 5.69 Å². The summed E-state index contributed by atoms with van der Waals surface area (Å²) in [5.41, 5.74) is -0.0217. The van der Waals surface area contributed by atoms with Crippen molar-refractivity contribution in [3.05, 3.63) is 103 Å². The number of aliphatic imine (C=N–C) groups is 1. The van der Waals surface area contributed by atoms with Gasteiger partial charge in [-0.3, -0.25) is 14.6 Å². The van der Waals surface area contributed by atoms with Gasteiger partial charge in [-0.2, -0.15) is 0 Å². The average molecular weight is 738 g/mol. The van der Waals surface area contributed by atoms with E-state index in [-0.39, 0.29) is 23.5 Å². The molecule has 0 atom stereocenters. The summed E-state index contributed by atoms with van der Waals surface area (Å²) < 4.78 is 11.5. The molecule has 0 radical (unpaired) electrons. The summed E-state index contributed by atoms with van der Waals surface area (Å²) in [6.07, 6.45) is 1.01. The van der Waals surface area contributed by atoms with Gasteiger partial charge in [-0.15, -0.1) is 0 Å². The minimum Gasteiger partial charge on any atom is -0.506 e. The maximum Gasteiger partial charge on any atom is 0.344 e. The third-order valence-corrected chi connectivity index (χ3v) is 6.45. The first kappa shape index (κ1) is 36.0. The standard InChI is InChI=1S/C20H19ClINO3.C13H15ClO3/c1-20(2,3)26-19(25)16(12-23-14-10-8-13(22)9-11-14)18(24)15-6-4-5-7-17(15)21;1-13(2,3)17-12(16)8-11(15)9-6-4-5-7-10(9)14/h4-12,24H,1-3H3;4-7H,8H2,1-3H3. The number of hydrogen-bond donors (Lipinski definition) is 1. The van der Waals surface area contributed by atoms with Gasteiger partial charge < -0.3 is 14.6 Å². The van der Waals surface area contributed by atoms with Crippen molar-refractivity contribution in [3.63, 3.8) is 0 Å². The second-order valence-electron chi connectivity index (χ2n) is 11.1. The molecule has 0 aliphatic carbocycles. The maximum atomic E-state index is 12.6. The first-order chi connectivity index (χ1) is 20.0. The van der Waals surface area contributed by atoms with Crippen molar-refractivity contribution in [1.29, 1.82) is 0 Å². The number of aliphatic hydroxyl groups excluding tert-OH is 1. The fourth-order valence-electron chi connectivity index (χ4n) is 3.30. The summed E-state index contributed by atoms with van der Waals surface area (Å²) in [7, 11) is 0. The van der Waals surface area contributed by atoms with Gasteiger partial charge in [0.05, 0.1) is 15.7 Å². The number of carbonyl (C=O) groups is 3. The Morgan fingerprint density at radius 1 is 0.791 bits per heavy atom. The molecule has 10 heteroatoms. The zero-order chi connectivity index (χ0) is 32.4. The fourth-order valence-corrected chi connectivity index (χ4v) is 4.13. The van der Waals surface area contributed by atoms with Crippen molar-refractivity contribution < 1.29 is 29.0 Å². The van der Waals surface area contributed by atoms with Gasteiger partial charge in [0, 0.05) is 20.9 Å². The van der Waals surface area contributed by atoms with Crippen LogP contribution in [0.15, 0.2) is 83.4 Å². The lowest BCUT2D eigenvalue weighted by molar-refractivity contribution is -0.153. The summed E-state index contributed by atoms with van der Waals surface area (Å²) >= 11 is 14.2. The summed E-state index contributed by atoms with van der Waals surface area (Å²) in [5.74, 6) is -1.82. The highest BCUT2D eigenvalue weighted by molar-refractivity contribution is 14.1. The molecule has 7 nitrogen and oxygen atoms in total. The summed E-state index contributed by atoms with van der Waals surface area (Å²) in [5, 5.41) is 11.3. The molecule has 0 spiro atoms. The van der Waals surface area contributed by atoms with E-state index in [1.54, 1.807) is 90.1 Å². The lowest BCUT2D eigenvalue weighted by atomic mass is 10.1. The van der Waals surface area contributed by atoms with Gasteiger partial charge in [0.25, 0.3) is 0 Å². The first-order valence-corrected chi connectivity index (χ1v) is 15.0. The smallest absolute Gasteiger partial charge is 0.344 e. The van der Waals surface area contributed by atoms with Crippen LogP contribution in [0.5, 0.6) is 0 Å². The molecule has 0 heterocycles.